The second-order valence-corrected chi connectivity index (χ2v) is 1.34. The predicted molar refractivity (Wildman–Crippen MR) is 18.9 cm³/mol. The van der Waals surface area contributed by atoms with Crippen LogP contribution in [0.15, 0.2) is 13.2 Å². The van der Waals surface area contributed by atoms with E-state index >= 15 is 0 Å². The monoisotopic (exact) mass is 325 g/mol. The zero-order valence-corrected chi connectivity index (χ0v) is 10.6. The van der Waals surface area contributed by atoms with Gasteiger partial charge in [-0.05, 0) is 0 Å². The molecule has 0 rings (SSSR count). The molecule has 0 aromatic carbocycles. The van der Waals surface area contributed by atoms with Gasteiger partial charge in [-0.2, -0.15) is 7.82 Å². The summed E-state index contributed by atoms with van der Waals surface area (Å²) in [4.78, 5) is 25.6. The van der Waals surface area contributed by atoms with Crippen LogP contribution in [0.3, 0.4) is 0 Å². The summed E-state index contributed by atoms with van der Waals surface area (Å²) < 4.78 is 8.55. The molecule has 0 aliphatic carbocycles. The Hall–Kier alpha value is 0.785. The van der Waals surface area contributed by atoms with E-state index < -0.39 is 7.82 Å². The Kier molecular flexibility index (Phi) is 15.5. The van der Waals surface area contributed by atoms with E-state index in [2.05, 4.69) is 13.2 Å². The molecule has 43 valence electrons. The van der Waals surface area contributed by atoms with Crippen molar-refractivity contribution in [2.45, 2.75) is 0 Å². The SMILES string of the molecule is C=C.O=P([O-])([O-])[O-].[Hg+3]. The Bertz CT molecular complexity index is 69.8. The first-order chi connectivity index (χ1) is 3.00. The third-order valence-corrected chi connectivity index (χ3v) is 0. The van der Waals surface area contributed by atoms with E-state index in [9.17, 15) is 0 Å². The van der Waals surface area contributed by atoms with Gasteiger partial charge in [-0.25, -0.2) is 0 Å². The Morgan fingerprint density at radius 3 is 1.12 bits per heavy atom. The fraction of sp³-hybridized carbons (Fsp3) is 0. The van der Waals surface area contributed by atoms with Gasteiger partial charge in [0.2, 0.25) is 0 Å². The van der Waals surface area contributed by atoms with Gasteiger partial charge in [0.25, 0.3) is 0 Å². The van der Waals surface area contributed by atoms with E-state index in [1.165, 1.54) is 0 Å². The second kappa shape index (κ2) is 7.79. The smallest absolute Gasteiger partial charge is 0.822 e. The summed E-state index contributed by atoms with van der Waals surface area (Å²) in [5.41, 5.74) is 0. The van der Waals surface area contributed by atoms with Crippen LogP contribution in [0.5, 0.6) is 0 Å². The summed E-state index contributed by atoms with van der Waals surface area (Å²) in [5, 5.41) is 0. The molecular weight excluding hydrogens is 320 g/mol. The van der Waals surface area contributed by atoms with E-state index in [-0.39, 0.29) is 27.7 Å². The molecule has 0 radical (unpaired) electrons. The summed E-state index contributed by atoms with van der Waals surface area (Å²) in [7, 11) is -5.39. The maximum Gasteiger partial charge on any atom is 3.00 e. The average Bonchev–Trinajstić information content (AvgIpc) is 1.36. The first-order valence-electron chi connectivity index (χ1n) is 1.23. The minimum Gasteiger partial charge on any atom is -0.822 e. The summed E-state index contributed by atoms with van der Waals surface area (Å²) in [6.45, 7) is 6.00. The van der Waals surface area contributed by atoms with Crippen molar-refractivity contribution >= 4 is 7.82 Å². The zero-order valence-electron chi connectivity index (χ0n) is 4.20. The summed E-state index contributed by atoms with van der Waals surface area (Å²) >= 11 is 0. The maximum absolute atomic E-state index is 8.55. The van der Waals surface area contributed by atoms with Crippen LogP contribution in [0.25, 0.3) is 0 Å². The van der Waals surface area contributed by atoms with E-state index in [1.54, 1.807) is 0 Å². The van der Waals surface area contributed by atoms with Crippen molar-refractivity contribution in [1.29, 1.82) is 0 Å². The molecule has 8 heavy (non-hydrogen) atoms. The number of hydrogen-bond acceptors (Lipinski definition) is 4. The standard InChI is InChI=1S/C2H4.Hg.H3O4P/c1-2;;1-5(2,3)4/h1-2H2;;(H3,1,2,3,4)/q;+3;/p-3. The molecule has 0 aliphatic rings. The summed E-state index contributed by atoms with van der Waals surface area (Å²) in [6.07, 6.45) is 0. The topological polar surface area (TPSA) is 86.2 Å². The molecule has 0 saturated carbocycles. The van der Waals surface area contributed by atoms with Crippen LogP contribution in [0.1, 0.15) is 0 Å². The summed E-state index contributed by atoms with van der Waals surface area (Å²) in [5.74, 6) is 0. The Morgan fingerprint density at radius 1 is 1.12 bits per heavy atom. The minimum absolute atomic E-state index is 0. The molecule has 0 aromatic rings. The number of phosphoric acid groups is 1. The van der Waals surface area contributed by atoms with Crippen LogP contribution >= 0.6 is 7.82 Å². The van der Waals surface area contributed by atoms with Crippen molar-refractivity contribution in [2.24, 2.45) is 0 Å². The van der Waals surface area contributed by atoms with Gasteiger partial charge in [-0.1, -0.05) is 0 Å². The first kappa shape index (κ1) is 15.9. The Labute approximate surface area is 68.0 Å². The Morgan fingerprint density at radius 2 is 1.12 bits per heavy atom. The third-order valence-electron chi connectivity index (χ3n) is 0. The molecule has 0 spiro atoms. The van der Waals surface area contributed by atoms with Crippen LogP contribution < -0.4 is 14.7 Å². The van der Waals surface area contributed by atoms with Gasteiger partial charge >= 0.3 is 27.7 Å². The van der Waals surface area contributed by atoms with Crippen molar-refractivity contribution in [3.05, 3.63) is 13.2 Å². The van der Waals surface area contributed by atoms with Gasteiger partial charge in [-0.15, -0.1) is 13.2 Å². The van der Waals surface area contributed by atoms with Crippen LogP contribution in [0.4, 0.5) is 0 Å². The van der Waals surface area contributed by atoms with Gasteiger partial charge < -0.3 is 19.2 Å². The molecule has 0 heterocycles. The molecular formula is C2H4HgO4P. The van der Waals surface area contributed by atoms with Crippen LogP contribution in [-0.4, -0.2) is 0 Å². The van der Waals surface area contributed by atoms with Crippen molar-refractivity contribution in [3.8, 4) is 0 Å². The fourth-order valence-corrected chi connectivity index (χ4v) is 0. The largest absolute Gasteiger partial charge is 3.00 e. The number of hydrogen-bond donors (Lipinski definition) is 0. The molecule has 0 amide bonds. The van der Waals surface area contributed by atoms with Crippen molar-refractivity contribution in [3.63, 3.8) is 0 Å². The van der Waals surface area contributed by atoms with E-state index in [1.807, 2.05) is 0 Å². The van der Waals surface area contributed by atoms with E-state index in [0.717, 1.165) is 0 Å². The molecule has 0 aromatic heterocycles. The molecule has 0 fully saturated rings. The van der Waals surface area contributed by atoms with Gasteiger partial charge in [-0.3, -0.25) is 0 Å². The van der Waals surface area contributed by atoms with Crippen LogP contribution in [0.2, 0.25) is 0 Å². The van der Waals surface area contributed by atoms with Crippen molar-refractivity contribution < 1.29 is 46.9 Å². The van der Waals surface area contributed by atoms with Gasteiger partial charge in [0.15, 0.2) is 0 Å². The second-order valence-electron chi connectivity index (χ2n) is 0.447. The molecule has 0 atom stereocenters. The minimum atomic E-state index is -5.39. The Balaban J connectivity index is -0.0000000750. The summed E-state index contributed by atoms with van der Waals surface area (Å²) in [6, 6.07) is 0. The van der Waals surface area contributed by atoms with Gasteiger partial charge in [0.1, 0.15) is 0 Å². The third kappa shape index (κ3) is 368. The molecule has 0 bridgehead atoms. The van der Waals surface area contributed by atoms with E-state index in [4.69, 9.17) is 19.2 Å². The molecule has 0 N–H and O–H groups in total. The molecule has 0 saturated heterocycles. The first-order valence-corrected chi connectivity index (χ1v) is 2.69. The van der Waals surface area contributed by atoms with Crippen LogP contribution in [-0.2, 0) is 32.2 Å². The number of rotatable bonds is 0. The van der Waals surface area contributed by atoms with Gasteiger partial charge in [0, 0.05) is 0 Å². The van der Waals surface area contributed by atoms with E-state index in [0.29, 0.717) is 0 Å². The normalized spacial score (nSPS) is 7.88. The zero-order chi connectivity index (χ0) is 6.50. The molecule has 6 heteroatoms. The van der Waals surface area contributed by atoms with Gasteiger partial charge in [0.05, 0.1) is 0 Å². The average molecular weight is 324 g/mol. The quantitative estimate of drug-likeness (QED) is 0.292. The van der Waals surface area contributed by atoms with Crippen molar-refractivity contribution in [1.82, 2.24) is 0 Å². The molecule has 0 unspecified atom stereocenters. The predicted octanol–water partition coefficient (Wildman–Crippen LogP) is -2.02. The van der Waals surface area contributed by atoms with Crippen molar-refractivity contribution in [2.75, 3.05) is 0 Å². The molecule has 4 nitrogen and oxygen atoms in total. The molecule has 0 aliphatic heterocycles. The fourth-order valence-electron chi connectivity index (χ4n) is 0. The van der Waals surface area contributed by atoms with Crippen LogP contribution in [0, 0.1) is 0 Å². The maximum atomic E-state index is 8.55.